The molecule has 0 radical (unpaired) electrons. The average molecular weight is 566 g/mol. The summed E-state index contributed by atoms with van der Waals surface area (Å²) < 4.78 is 48.0. The molecule has 1 fully saturated rings. The molecule has 1 aliphatic rings. The number of nitrogens with one attached hydrogen (secondary N) is 2. The Morgan fingerprint density at radius 1 is 1.10 bits per heavy atom. The molecule has 11 heteroatoms. The molecule has 0 bridgehead atoms. The highest BCUT2D eigenvalue weighted by Gasteiger charge is 2.31. The molecule has 1 amide bonds. The van der Waals surface area contributed by atoms with Crippen LogP contribution in [0.5, 0.6) is 5.75 Å². The van der Waals surface area contributed by atoms with Crippen molar-refractivity contribution in [2.45, 2.75) is 18.3 Å². The number of amides is 1. The molecule has 1 saturated heterocycles. The minimum Gasteiger partial charge on any atom is -0.495 e. The fraction of sp³-hybridized carbons (Fsp3) is 0.207. The van der Waals surface area contributed by atoms with E-state index in [-0.39, 0.29) is 5.56 Å². The number of carbonyl (C=O) groups is 1. The zero-order valence-electron chi connectivity index (χ0n) is 21.7. The fourth-order valence-corrected chi connectivity index (χ4v) is 4.94. The fourth-order valence-electron chi connectivity index (χ4n) is 4.68. The Labute approximate surface area is 231 Å². The van der Waals surface area contributed by atoms with E-state index in [1.807, 2.05) is 11.0 Å². The van der Waals surface area contributed by atoms with Crippen LogP contribution in [-0.2, 0) is 4.79 Å². The number of hydrogen-bond donors (Lipinski definition) is 2. The zero-order valence-corrected chi connectivity index (χ0v) is 22.8. The molecule has 2 heterocycles. The van der Waals surface area contributed by atoms with Crippen LogP contribution in [0.4, 0.5) is 36.1 Å². The van der Waals surface area contributed by atoms with Gasteiger partial charge in [0.2, 0.25) is 5.91 Å². The monoisotopic (exact) mass is 565 g/mol. The summed E-state index contributed by atoms with van der Waals surface area (Å²) >= 11 is 0. The molecule has 1 aliphatic heterocycles. The minimum absolute atomic E-state index is 0.225. The number of ether oxygens (including phenoxy) is 1. The summed E-state index contributed by atoms with van der Waals surface area (Å²) in [5.41, 5.74) is 3.01. The maximum absolute atomic E-state index is 14.5. The Morgan fingerprint density at radius 3 is 2.58 bits per heavy atom. The molecule has 0 aliphatic carbocycles. The third kappa shape index (κ3) is 5.72. The van der Waals surface area contributed by atoms with Gasteiger partial charge < -0.3 is 20.3 Å². The number of carbonyl (C=O) groups excluding carboxylic acids is 1. The Bertz CT molecular complexity index is 1600. The summed E-state index contributed by atoms with van der Waals surface area (Å²) in [4.78, 5) is 23.2. The third-order valence-corrected chi connectivity index (χ3v) is 7.40. The smallest absolute Gasteiger partial charge is 0.247 e. The molecular weight excluding hydrogens is 538 g/mol. The largest absolute Gasteiger partial charge is 0.495 e. The summed E-state index contributed by atoms with van der Waals surface area (Å²) in [5, 5.41) is 5.36. The van der Waals surface area contributed by atoms with Crippen LogP contribution in [0.15, 0.2) is 67.5 Å². The second-order valence-corrected chi connectivity index (χ2v) is 10.5. The summed E-state index contributed by atoms with van der Waals surface area (Å²) in [6, 6.07) is 12.0. The van der Waals surface area contributed by atoms with E-state index < -0.39 is 23.0 Å². The van der Waals surface area contributed by atoms with Crippen molar-refractivity contribution >= 4 is 48.9 Å². The van der Waals surface area contributed by atoms with Gasteiger partial charge in [0.1, 0.15) is 34.9 Å². The summed E-state index contributed by atoms with van der Waals surface area (Å²) in [6.07, 6.45) is 3.22. The first-order valence-electron chi connectivity index (χ1n) is 12.5. The average Bonchev–Trinajstić information content (AvgIpc) is 2.93. The Kier molecular flexibility index (Phi) is 7.63. The number of benzene rings is 3. The third-order valence-electron chi connectivity index (χ3n) is 6.83. The van der Waals surface area contributed by atoms with Crippen LogP contribution in [0.25, 0.3) is 22.0 Å². The van der Waals surface area contributed by atoms with E-state index in [0.717, 1.165) is 6.07 Å². The lowest BCUT2D eigenvalue weighted by Gasteiger charge is -2.36. The molecule has 206 valence electrons. The summed E-state index contributed by atoms with van der Waals surface area (Å²) in [5.74, 6) is -0.877. The molecule has 1 unspecified atom stereocenters. The van der Waals surface area contributed by atoms with E-state index >= 15 is 0 Å². The van der Waals surface area contributed by atoms with Crippen molar-refractivity contribution in [1.29, 1.82) is 0 Å². The molecule has 2 N–H and O–H groups in total. The number of anilines is 4. The number of nitrogens with zero attached hydrogens (tertiary/aromatic N) is 3. The zero-order chi connectivity index (χ0) is 28.4. The predicted octanol–water partition coefficient (Wildman–Crippen LogP) is 6.59. The molecule has 0 spiro atoms. The van der Waals surface area contributed by atoms with Crippen LogP contribution in [0, 0.1) is 11.6 Å². The lowest BCUT2D eigenvalue weighted by molar-refractivity contribution is -0.111. The molecule has 3 aromatic carbocycles. The van der Waals surface area contributed by atoms with E-state index in [2.05, 4.69) is 36.4 Å². The number of rotatable bonds is 7. The maximum Gasteiger partial charge on any atom is 0.247 e. The Hall–Kier alpha value is -4.17. The van der Waals surface area contributed by atoms with Gasteiger partial charge in [-0.3, -0.25) is 4.79 Å². The predicted molar refractivity (Wildman–Crippen MR) is 155 cm³/mol. The van der Waals surface area contributed by atoms with Gasteiger partial charge in [0.05, 0.1) is 29.7 Å². The van der Waals surface area contributed by atoms with E-state index in [9.17, 15) is 18.0 Å². The van der Waals surface area contributed by atoms with Crippen molar-refractivity contribution in [2.24, 2.45) is 0 Å². The lowest BCUT2D eigenvalue weighted by atomic mass is 10.0. The lowest BCUT2D eigenvalue weighted by Crippen LogP contribution is -2.39. The molecular formula is C29H27F3N5O2P. The van der Waals surface area contributed by atoms with Gasteiger partial charge in [-0.15, -0.1) is 0 Å². The van der Waals surface area contributed by atoms with Gasteiger partial charge in [-0.1, -0.05) is 21.9 Å². The second kappa shape index (κ2) is 11.1. The van der Waals surface area contributed by atoms with Crippen molar-refractivity contribution in [3.05, 3.63) is 79.1 Å². The van der Waals surface area contributed by atoms with Gasteiger partial charge in [0, 0.05) is 42.9 Å². The Morgan fingerprint density at radius 2 is 1.88 bits per heavy atom. The van der Waals surface area contributed by atoms with Crippen LogP contribution in [-0.4, -0.2) is 41.5 Å². The minimum atomic E-state index is -1.32. The van der Waals surface area contributed by atoms with Crippen molar-refractivity contribution < 1.29 is 22.7 Å². The van der Waals surface area contributed by atoms with Gasteiger partial charge in [-0.2, -0.15) is 0 Å². The van der Waals surface area contributed by atoms with Crippen molar-refractivity contribution in [3.63, 3.8) is 0 Å². The normalized spacial score (nSPS) is 14.6. The van der Waals surface area contributed by atoms with Crippen LogP contribution in [0.3, 0.4) is 0 Å². The highest BCUT2D eigenvalue weighted by atomic mass is 31.0. The van der Waals surface area contributed by atoms with Crippen LogP contribution < -0.4 is 20.3 Å². The number of alkyl halides is 1. The maximum atomic E-state index is 14.5. The number of fused-ring (bicyclic) bond motifs is 1. The highest BCUT2D eigenvalue weighted by molar-refractivity contribution is 7.18. The molecule has 1 aromatic heterocycles. The molecule has 7 nitrogen and oxygen atoms in total. The van der Waals surface area contributed by atoms with Gasteiger partial charge in [0.15, 0.2) is 0 Å². The molecule has 1 atom stereocenters. The van der Waals surface area contributed by atoms with E-state index in [1.165, 1.54) is 31.6 Å². The number of piperidine rings is 1. The van der Waals surface area contributed by atoms with Gasteiger partial charge in [-0.05, 0) is 48.0 Å². The number of aromatic nitrogens is 2. The van der Waals surface area contributed by atoms with Crippen molar-refractivity contribution in [3.8, 4) is 16.9 Å². The van der Waals surface area contributed by atoms with Gasteiger partial charge >= 0.3 is 0 Å². The number of hydrogen-bond acceptors (Lipinski definition) is 6. The SMILES string of the molecule is C=CC(=O)Nc1cc2c(Nc3cc(-c4ccc(F)cc4F)ccc3OC)ncnc2cc1N1CCC(F)(P)CC1. The van der Waals surface area contributed by atoms with Gasteiger partial charge in [-0.25, -0.2) is 23.1 Å². The van der Waals surface area contributed by atoms with E-state index in [0.29, 0.717) is 71.0 Å². The molecule has 0 saturated carbocycles. The number of halogens is 3. The van der Waals surface area contributed by atoms with Crippen LogP contribution in [0.1, 0.15) is 12.8 Å². The van der Waals surface area contributed by atoms with Crippen molar-refractivity contribution in [2.75, 3.05) is 35.7 Å². The molecule has 4 aromatic rings. The highest BCUT2D eigenvalue weighted by Crippen LogP contribution is 2.40. The van der Waals surface area contributed by atoms with Crippen LogP contribution in [0.2, 0.25) is 0 Å². The topological polar surface area (TPSA) is 79.4 Å². The first kappa shape index (κ1) is 27.4. The van der Waals surface area contributed by atoms with Crippen LogP contribution >= 0.6 is 9.24 Å². The van der Waals surface area contributed by atoms with E-state index in [1.54, 1.807) is 24.3 Å². The number of methoxy groups -OCH3 is 1. The first-order valence-corrected chi connectivity index (χ1v) is 13.1. The first-order chi connectivity index (χ1) is 19.2. The molecule has 5 rings (SSSR count). The standard InChI is InChI=1S/C29H27F3N5O2P/c1-3-27(38)35-23-14-20-22(15-25(23)37-10-8-29(32,40)9-11-37)33-16-34-28(20)36-24-12-17(4-7-26(24)39-2)19-6-5-18(30)13-21(19)31/h3-7,12-16H,1,8-11,40H2,2H3,(H,35,38)(H,33,34,36). The van der Waals surface area contributed by atoms with E-state index in [4.69, 9.17) is 4.74 Å². The Balaban J connectivity index is 1.57. The summed E-state index contributed by atoms with van der Waals surface area (Å²) in [6.45, 7) is 4.46. The molecule has 40 heavy (non-hydrogen) atoms. The van der Waals surface area contributed by atoms with Crippen molar-refractivity contribution in [1.82, 2.24) is 9.97 Å². The second-order valence-electron chi connectivity index (χ2n) is 9.49. The quantitative estimate of drug-likeness (QED) is 0.194. The summed E-state index contributed by atoms with van der Waals surface area (Å²) in [7, 11) is 3.79. The van der Waals surface area contributed by atoms with Gasteiger partial charge in [0.25, 0.3) is 0 Å².